The maximum Gasteiger partial charge on any atom is 0.333 e. The number of aromatic nitrogens is 2. The highest BCUT2D eigenvalue weighted by molar-refractivity contribution is 6.01. The van der Waals surface area contributed by atoms with E-state index in [1.165, 1.54) is 14.2 Å². The fraction of sp³-hybridized carbons (Fsp3) is 0.429. The zero-order chi connectivity index (χ0) is 34.7. The van der Waals surface area contributed by atoms with Crippen molar-refractivity contribution in [2.75, 3.05) is 14.2 Å². The normalized spacial score (nSPS) is 18.0. The number of amides is 2. The minimum absolute atomic E-state index is 0.0756. The summed E-state index contributed by atoms with van der Waals surface area (Å²) < 4.78 is 10.6. The zero-order valence-electron chi connectivity index (χ0n) is 28.2. The Morgan fingerprint density at radius 2 is 1.06 bits per heavy atom. The smallest absolute Gasteiger partial charge is 0.333 e. The van der Waals surface area contributed by atoms with Crippen molar-refractivity contribution in [1.82, 2.24) is 20.6 Å². The third-order valence-corrected chi connectivity index (χ3v) is 9.28. The van der Waals surface area contributed by atoms with Crippen LogP contribution in [0.1, 0.15) is 85.6 Å². The maximum absolute atomic E-state index is 12.4. The largest absolute Gasteiger partial charge is 0.479 e. The molecular weight excluding hydrogens is 604 g/mol. The van der Waals surface area contributed by atoms with Crippen molar-refractivity contribution >= 4 is 35.9 Å². The minimum Gasteiger partial charge on any atom is -0.479 e. The van der Waals surface area contributed by atoms with Crippen LogP contribution in [0, 0.1) is 13.8 Å². The fourth-order valence-corrected chi connectivity index (χ4v) is 6.38. The van der Waals surface area contributed by atoms with Crippen LogP contribution in [0.3, 0.4) is 0 Å². The van der Waals surface area contributed by atoms with Gasteiger partial charge >= 0.3 is 11.9 Å². The van der Waals surface area contributed by atoms with Gasteiger partial charge in [0.1, 0.15) is 0 Å². The molecule has 0 aliphatic carbocycles. The number of allylic oxidation sites excluding steroid dienone is 2. The molecule has 47 heavy (non-hydrogen) atoms. The Hall–Kier alpha value is -4.68. The molecule has 0 spiro atoms. The van der Waals surface area contributed by atoms with E-state index >= 15 is 0 Å². The highest BCUT2D eigenvalue weighted by atomic mass is 16.5. The second-order valence-corrected chi connectivity index (χ2v) is 11.9. The molecule has 6 N–H and O–H groups in total. The van der Waals surface area contributed by atoms with E-state index in [0.29, 0.717) is 58.2 Å². The molecule has 12 heteroatoms. The van der Waals surface area contributed by atoms with Gasteiger partial charge in [0, 0.05) is 78.8 Å². The number of H-pyrrole nitrogens is 2. The van der Waals surface area contributed by atoms with Crippen LogP contribution in [0.5, 0.6) is 0 Å². The van der Waals surface area contributed by atoms with Crippen LogP contribution in [-0.4, -0.2) is 70.4 Å². The van der Waals surface area contributed by atoms with Gasteiger partial charge in [-0.15, -0.1) is 0 Å². The summed E-state index contributed by atoms with van der Waals surface area (Å²) in [5, 5.41) is 25.5. The monoisotopic (exact) mass is 648 g/mol. The molecule has 0 aromatic carbocycles. The third kappa shape index (κ3) is 7.03. The molecule has 2 aliphatic heterocycles. The lowest BCUT2D eigenvalue weighted by atomic mass is 9.96. The summed E-state index contributed by atoms with van der Waals surface area (Å²) in [6, 6.07) is 0. The zero-order valence-corrected chi connectivity index (χ0v) is 28.2. The lowest BCUT2D eigenvalue weighted by Gasteiger charge is -2.14. The number of aliphatic carboxylic acids is 2. The Morgan fingerprint density at radius 1 is 0.702 bits per heavy atom. The predicted molar refractivity (Wildman–Crippen MR) is 176 cm³/mol. The molecule has 2 aromatic heterocycles. The van der Waals surface area contributed by atoms with Crippen LogP contribution >= 0.6 is 0 Å². The van der Waals surface area contributed by atoms with Gasteiger partial charge in [0.25, 0.3) is 11.8 Å². The molecule has 252 valence electrons. The Kier molecular flexibility index (Phi) is 10.8. The number of ether oxygens (including phenoxy) is 2. The van der Waals surface area contributed by atoms with Crippen molar-refractivity contribution < 1.29 is 38.9 Å². The molecule has 4 rings (SSSR count). The van der Waals surface area contributed by atoms with E-state index in [4.69, 9.17) is 9.47 Å². The van der Waals surface area contributed by atoms with Gasteiger partial charge in [-0.05, 0) is 86.1 Å². The number of carbonyl (C=O) groups is 4. The number of carboxylic acids is 2. The lowest BCUT2D eigenvalue weighted by molar-refractivity contribution is -0.149. The molecule has 0 unspecified atom stereocenters. The summed E-state index contributed by atoms with van der Waals surface area (Å²) >= 11 is 0. The van der Waals surface area contributed by atoms with Crippen LogP contribution in [0.2, 0.25) is 0 Å². The topological polar surface area (TPSA) is 183 Å². The number of aromatic amines is 2. The molecule has 0 saturated carbocycles. The van der Waals surface area contributed by atoms with Gasteiger partial charge in [-0.3, -0.25) is 9.59 Å². The SMILES string of the molecule is CCC1=C(C)C(=O)N/C1=C\c1[nH]c(Cc2[nH]c(/C=C3\NC(=O)C(C)=C3CC)c(C)c2C[C@H](OC)C(=O)O)c(C[C@H](OC)C(=O)O)c1C. The summed E-state index contributed by atoms with van der Waals surface area (Å²) in [5.41, 5.74) is 10.4. The quantitative estimate of drug-likeness (QED) is 0.176. The predicted octanol–water partition coefficient (Wildman–Crippen LogP) is 4.23. The van der Waals surface area contributed by atoms with Gasteiger partial charge in [0.15, 0.2) is 12.2 Å². The Bertz CT molecular complexity index is 1620. The second kappa shape index (κ2) is 14.4. The lowest BCUT2D eigenvalue weighted by Crippen LogP contribution is -2.26. The molecule has 0 bridgehead atoms. The van der Waals surface area contributed by atoms with Crippen LogP contribution in [0.25, 0.3) is 12.2 Å². The average molecular weight is 649 g/mol. The molecule has 12 nitrogen and oxygen atoms in total. The molecule has 2 amide bonds. The summed E-state index contributed by atoms with van der Waals surface area (Å²) in [6.07, 6.45) is 3.26. The van der Waals surface area contributed by atoms with Crippen molar-refractivity contribution in [3.8, 4) is 0 Å². The van der Waals surface area contributed by atoms with E-state index in [0.717, 1.165) is 33.4 Å². The van der Waals surface area contributed by atoms with Crippen molar-refractivity contribution in [3.63, 3.8) is 0 Å². The van der Waals surface area contributed by atoms with E-state index < -0.39 is 24.1 Å². The van der Waals surface area contributed by atoms with Crippen LogP contribution in [0.4, 0.5) is 0 Å². The first kappa shape index (κ1) is 35.2. The van der Waals surface area contributed by atoms with Gasteiger partial charge in [0.05, 0.1) is 0 Å². The number of carboxylic acid groups (broad SMARTS) is 2. The minimum atomic E-state index is -1.10. The highest BCUT2D eigenvalue weighted by Gasteiger charge is 2.29. The first-order chi connectivity index (χ1) is 22.3. The maximum atomic E-state index is 12.4. The molecule has 0 radical (unpaired) electrons. The summed E-state index contributed by atoms with van der Waals surface area (Å²) in [4.78, 5) is 55.9. The highest BCUT2D eigenvalue weighted by Crippen LogP contribution is 2.32. The molecule has 2 atom stereocenters. The molecule has 2 aromatic rings. The number of carbonyl (C=O) groups excluding carboxylic acids is 2. The van der Waals surface area contributed by atoms with Crippen LogP contribution < -0.4 is 10.6 Å². The van der Waals surface area contributed by atoms with E-state index in [2.05, 4.69) is 20.6 Å². The van der Waals surface area contributed by atoms with E-state index in [-0.39, 0.29) is 31.1 Å². The Labute approximate surface area is 274 Å². The van der Waals surface area contributed by atoms with Crippen molar-refractivity contribution in [2.45, 2.75) is 85.9 Å². The van der Waals surface area contributed by atoms with Gasteiger partial charge < -0.3 is 40.3 Å². The van der Waals surface area contributed by atoms with E-state index in [9.17, 15) is 29.4 Å². The fourth-order valence-electron chi connectivity index (χ4n) is 6.38. The molecule has 0 fully saturated rings. The van der Waals surface area contributed by atoms with Gasteiger partial charge in [-0.2, -0.15) is 0 Å². The third-order valence-electron chi connectivity index (χ3n) is 9.28. The van der Waals surface area contributed by atoms with Gasteiger partial charge in [0.2, 0.25) is 0 Å². The van der Waals surface area contributed by atoms with Crippen LogP contribution in [-0.2, 0) is 47.9 Å². The van der Waals surface area contributed by atoms with Gasteiger partial charge in [-0.1, -0.05) is 13.8 Å². The van der Waals surface area contributed by atoms with Crippen LogP contribution in [0.15, 0.2) is 33.7 Å². The first-order valence-electron chi connectivity index (χ1n) is 15.6. The number of methoxy groups -OCH3 is 2. The molecule has 2 aliphatic rings. The first-order valence-corrected chi connectivity index (χ1v) is 15.6. The number of hydrogen-bond donors (Lipinski definition) is 6. The average Bonchev–Trinajstić information content (AvgIpc) is 3.67. The van der Waals surface area contributed by atoms with Crippen molar-refractivity contribution in [2.24, 2.45) is 0 Å². The van der Waals surface area contributed by atoms with E-state index in [1.54, 1.807) is 13.8 Å². The number of nitrogens with one attached hydrogen (secondary N) is 4. The van der Waals surface area contributed by atoms with E-state index in [1.807, 2.05) is 39.8 Å². The summed E-state index contributed by atoms with van der Waals surface area (Å²) in [7, 11) is 2.70. The summed E-state index contributed by atoms with van der Waals surface area (Å²) in [5.74, 6) is -2.51. The standard InChI is InChI=1S/C35H44N4O8/c1-9-20-18(5)32(40)38-26(20)13-24-16(3)22(11-30(46-7)34(42)43)28(36-24)15-29-23(12-31(47-8)35(44)45)17(4)25(37-29)14-27-21(10-2)19(6)33(41)39-27/h13-14,30-31,36-37H,9-12,15H2,1-8H3,(H,38,40)(H,39,41)(H,42,43)(H,44,45)/b26-13-,27-14-/t30-,31-/m0/s1. The van der Waals surface area contributed by atoms with Crippen molar-refractivity contribution in [3.05, 3.63) is 78.7 Å². The number of hydrogen-bond acceptors (Lipinski definition) is 6. The Morgan fingerprint density at radius 3 is 1.36 bits per heavy atom. The molecule has 4 heterocycles. The number of rotatable bonds is 14. The Balaban J connectivity index is 1.88. The molecular formula is C35H44N4O8. The molecule has 0 saturated heterocycles. The van der Waals surface area contributed by atoms with Gasteiger partial charge in [-0.25, -0.2) is 9.59 Å². The second-order valence-electron chi connectivity index (χ2n) is 11.9. The van der Waals surface area contributed by atoms with Crippen molar-refractivity contribution in [1.29, 1.82) is 0 Å². The summed E-state index contributed by atoms with van der Waals surface area (Å²) in [6.45, 7) is 11.3.